The van der Waals surface area contributed by atoms with E-state index in [9.17, 15) is 4.79 Å². The summed E-state index contributed by atoms with van der Waals surface area (Å²) in [5.74, 6) is 0.612. The van der Waals surface area contributed by atoms with Crippen molar-refractivity contribution < 1.29 is 9.53 Å². The summed E-state index contributed by atoms with van der Waals surface area (Å²) in [6.45, 7) is 3.15. The van der Waals surface area contributed by atoms with Gasteiger partial charge in [-0.15, -0.1) is 29.1 Å². The van der Waals surface area contributed by atoms with Crippen LogP contribution in [-0.2, 0) is 16.1 Å². The van der Waals surface area contributed by atoms with Crippen LogP contribution in [0.25, 0.3) is 0 Å². The van der Waals surface area contributed by atoms with Crippen LogP contribution in [0.15, 0.2) is 17.4 Å². The first kappa shape index (κ1) is 22.6. The maximum Gasteiger partial charge on any atom is 0.243 e. The van der Waals surface area contributed by atoms with Crippen LogP contribution in [0, 0.1) is 0 Å². The lowest BCUT2D eigenvalue weighted by molar-refractivity contribution is -0.127. The minimum Gasteiger partial charge on any atom is -0.376 e. The molecule has 0 radical (unpaired) electrons. The maximum absolute atomic E-state index is 11.8. The van der Waals surface area contributed by atoms with Crippen molar-refractivity contribution in [1.82, 2.24) is 30.5 Å². The standard InChI is InChI=1S/C16H29N7O2.HI/c1-22(2)15(24)13-19-16(18-12-14-6-3-4-11-25-14)17-7-5-9-23-10-8-20-21-23;/h8,10,14H,3-7,9,11-13H2,1-2H3,(H2,17,18,19);1H. The van der Waals surface area contributed by atoms with Gasteiger partial charge in [0.15, 0.2) is 5.96 Å². The van der Waals surface area contributed by atoms with Gasteiger partial charge in [-0.1, -0.05) is 5.21 Å². The highest BCUT2D eigenvalue weighted by molar-refractivity contribution is 14.0. The Kier molecular flexibility index (Phi) is 11.2. The van der Waals surface area contributed by atoms with Gasteiger partial charge in [-0.3, -0.25) is 9.48 Å². The van der Waals surface area contributed by atoms with Crippen LogP contribution >= 0.6 is 24.0 Å². The average molecular weight is 479 g/mol. The SMILES string of the molecule is CN(C)C(=O)CN=C(NCCCn1ccnn1)NCC1CCCCO1.I. The van der Waals surface area contributed by atoms with Crippen molar-refractivity contribution in [2.45, 2.75) is 38.3 Å². The molecule has 1 aliphatic rings. The fourth-order valence-electron chi connectivity index (χ4n) is 2.44. The molecule has 1 atom stereocenters. The van der Waals surface area contributed by atoms with E-state index < -0.39 is 0 Å². The Hall–Kier alpha value is -1.43. The second kappa shape index (κ2) is 12.8. The van der Waals surface area contributed by atoms with Gasteiger partial charge in [0, 0.05) is 46.5 Å². The number of rotatable bonds is 8. The molecule has 2 rings (SSSR count). The van der Waals surface area contributed by atoms with Gasteiger partial charge < -0.3 is 20.3 Å². The van der Waals surface area contributed by atoms with Gasteiger partial charge in [0.05, 0.1) is 12.3 Å². The second-order valence-electron chi connectivity index (χ2n) is 6.27. The predicted molar refractivity (Wildman–Crippen MR) is 111 cm³/mol. The quantitative estimate of drug-likeness (QED) is 0.244. The highest BCUT2D eigenvalue weighted by Gasteiger charge is 2.14. The summed E-state index contributed by atoms with van der Waals surface area (Å²) in [5.41, 5.74) is 0. The topological polar surface area (TPSA) is 96.7 Å². The van der Waals surface area contributed by atoms with Gasteiger partial charge in [0.1, 0.15) is 6.54 Å². The van der Waals surface area contributed by atoms with Crippen LogP contribution in [0.3, 0.4) is 0 Å². The van der Waals surface area contributed by atoms with E-state index in [4.69, 9.17) is 4.74 Å². The summed E-state index contributed by atoms with van der Waals surface area (Å²) in [5, 5.41) is 14.3. The Morgan fingerprint density at radius 1 is 1.38 bits per heavy atom. The van der Waals surface area contributed by atoms with Gasteiger partial charge >= 0.3 is 0 Å². The molecule has 1 fully saturated rings. The number of hydrogen-bond donors (Lipinski definition) is 2. The van der Waals surface area contributed by atoms with E-state index >= 15 is 0 Å². The molecule has 1 aromatic heterocycles. The minimum atomic E-state index is -0.0300. The zero-order valence-electron chi connectivity index (χ0n) is 15.6. The summed E-state index contributed by atoms with van der Waals surface area (Å²) in [6.07, 6.45) is 7.98. The first-order chi connectivity index (χ1) is 12.1. The van der Waals surface area contributed by atoms with E-state index in [0.29, 0.717) is 12.5 Å². The summed E-state index contributed by atoms with van der Waals surface area (Å²) in [6, 6.07) is 0. The highest BCUT2D eigenvalue weighted by Crippen LogP contribution is 2.11. The Balaban J connectivity index is 0.00000338. The number of nitrogens with zero attached hydrogens (tertiary/aromatic N) is 5. The molecule has 1 aromatic rings. The molecule has 0 aliphatic carbocycles. The van der Waals surface area contributed by atoms with E-state index in [0.717, 1.165) is 39.0 Å². The molecule has 0 spiro atoms. The number of halogens is 1. The van der Waals surface area contributed by atoms with Crippen LogP contribution < -0.4 is 10.6 Å². The lowest BCUT2D eigenvalue weighted by atomic mass is 10.1. The van der Waals surface area contributed by atoms with Crippen LogP contribution in [0.2, 0.25) is 0 Å². The normalized spacial score (nSPS) is 17.3. The Bertz CT molecular complexity index is 531. The number of carbonyl (C=O) groups excluding carboxylic acids is 1. The number of hydrogen-bond acceptors (Lipinski definition) is 5. The fourth-order valence-corrected chi connectivity index (χ4v) is 2.44. The molecule has 2 heterocycles. The zero-order valence-corrected chi connectivity index (χ0v) is 17.9. The molecule has 26 heavy (non-hydrogen) atoms. The Labute approximate surface area is 172 Å². The van der Waals surface area contributed by atoms with Crippen molar-refractivity contribution in [1.29, 1.82) is 0 Å². The van der Waals surface area contributed by atoms with Crippen molar-refractivity contribution in [3.8, 4) is 0 Å². The van der Waals surface area contributed by atoms with Gasteiger partial charge in [0.25, 0.3) is 0 Å². The van der Waals surface area contributed by atoms with Gasteiger partial charge in [-0.25, -0.2) is 4.99 Å². The first-order valence-electron chi connectivity index (χ1n) is 8.83. The molecule has 10 heteroatoms. The zero-order chi connectivity index (χ0) is 17.9. The average Bonchev–Trinajstić information content (AvgIpc) is 3.14. The Morgan fingerprint density at radius 3 is 2.88 bits per heavy atom. The van der Waals surface area contributed by atoms with Crippen molar-refractivity contribution in [3.05, 3.63) is 12.4 Å². The van der Waals surface area contributed by atoms with E-state index in [2.05, 4.69) is 25.9 Å². The second-order valence-corrected chi connectivity index (χ2v) is 6.27. The third-order valence-corrected chi connectivity index (χ3v) is 3.97. The lowest BCUT2D eigenvalue weighted by Gasteiger charge is -2.24. The number of guanidine groups is 1. The minimum absolute atomic E-state index is 0. The number of amides is 1. The van der Waals surface area contributed by atoms with E-state index in [1.54, 1.807) is 25.0 Å². The molecule has 2 N–H and O–H groups in total. The third-order valence-electron chi connectivity index (χ3n) is 3.97. The molecule has 0 saturated carbocycles. The highest BCUT2D eigenvalue weighted by atomic mass is 127. The van der Waals surface area contributed by atoms with Crippen LogP contribution in [-0.4, -0.2) is 78.2 Å². The number of aliphatic imine (C=N–C) groups is 1. The molecule has 1 saturated heterocycles. The number of likely N-dealkylation sites (N-methyl/N-ethyl adjacent to an activating group) is 1. The molecule has 1 aliphatic heterocycles. The van der Waals surface area contributed by atoms with Crippen molar-refractivity contribution in [2.75, 3.05) is 40.3 Å². The van der Waals surface area contributed by atoms with Crippen molar-refractivity contribution in [3.63, 3.8) is 0 Å². The van der Waals surface area contributed by atoms with Crippen molar-refractivity contribution in [2.24, 2.45) is 4.99 Å². The van der Waals surface area contributed by atoms with E-state index in [1.807, 2.05) is 6.20 Å². The summed E-state index contributed by atoms with van der Waals surface area (Å²) < 4.78 is 7.52. The molecule has 148 valence electrons. The molecule has 9 nitrogen and oxygen atoms in total. The van der Waals surface area contributed by atoms with E-state index in [1.165, 1.54) is 11.3 Å². The number of nitrogens with one attached hydrogen (secondary N) is 2. The number of carbonyl (C=O) groups is 1. The van der Waals surface area contributed by atoms with E-state index in [-0.39, 0.29) is 42.5 Å². The maximum atomic E-state index is 11.8. The number of aryl methyl sites for hydroxylation is 1. The Morgan fingerprint density at radius 2 is 2.23 bits per heavy atom. The largest absolute Gasteiger partial charge is 0.376 e. The van der Waals surface area contributed by atoms with Crippen molar-refractivity contribution >= 4 is 35.8 Å². The monoisotopic (exact) mass is 479 g/mol. The van der Waals surface area contributed by atoms with Gasteiger partial charge in [-0.2, -0.15) is 0 Å². The smallest absolute Gasteiger partial charge is 0.243 e. The molecule has 1 amide bonds. The molecule has 1 unspecified atom stereocenters. The van der Waals surface area contributed by atoms with Crippen LogP contribution in [0.5, 0.6) is 0 Å². The molecule has 0 bridgehead atoms. The van der Waals surface area contributed by atoms with Gasteiger partial charge in [0.2, 0.25) is 5.91 Å². The molecule has 0 aromatic carbocycles. The lowest BCUT2D eigenvalue weighted by Crippen LogP contribution is -2.43. The van der Waals surface area contributed by atoms with Crippen LogP contribution in [0.4, 0.5) is 0 Å². The first-order valence-corrected chi connectivity index (χ1v) is 8.83. The summed E-state index contributed by atoms with van der Waals surface area (Å²) in [7, 11) is 3.46. The third kappa shape index (κ3) is 8.79. The molecular weight excluding hydrogens is 449 g/mol. The summed E-state index contributed by atoms with van der Waals surface area (Å²) in [4.78, 5) is 17.7. The van der Waals surface area contributed by atoms with Crippen LogP contribution in [0.1, 0.15) is 25.7 Å². The number of aromatic nitrogens is 3. The summed E-state index contributed by atoms with van der Waals surface area (Å²) >= 11 is 0. The predicted octanol–water partition coefficient (Wildman–Crippen LogP) is 0.479. The molecular formula is C16H30IN7O2. The fraction of sp³-hybridized carbons (Fsp3) is 0.750. The number of ether oxygens (including phenoxy) is 1. The van der Waals surface area contributed by atoms with Gasteiger partial charge in [-0.05, 0) is 25.7 Å².